The molecule has 1 aliphatic rings. The molecule has 2 amide bonds. The van der Waals surface area contributed by atoms with Crippen molar-refractivity contribution in [3.8, 4) is 11.5 Å². The summed E-state index contributed by atoms with van der Waals surface area (Å²) in [6.07, 6.45) is 1.37. The first-order chi connectivity index (χ1) is 9.56. The fourth-order valence-electron chi connectivity index (χ4n) is 1.68. The van der Waals surface area contributed by atoms with Gasteiger partial charge in [-0.15, -0.1) is 0 Å². The van der Waals surface area contributed by atoms with E-state index in [-0.39, 0.29) is 6.79 Å². The molecule has 0 spiro atoms. The minimum Gasteiger partial charge on any atom is -0.454 e. The van der Waals surface area contributed by atoms with Crippen LogP contribution in [0, 0.1) is 0 Å². The van der Waals surface area contributed by atoms with E-state index in [1.807, 2.05) is 18.2 Å². The fraction of sp³-hybridized carbons (Fsp3) is 0.308. The number of nitrogens with one attached hydrogen (secondary N) is 1. The van der Waals surface area contributed by atoms with E-state index in [1.54, 1.807) is 6.92 Å². The quantitative estimate of drug-likeness (QED) is 0.470. The Labute approximate surface area is 115 Å². The van der Waals surface area contributed by atoms with E-state index in [0.717, 1.165) is 23.5 Å². The summed E-state index contributed by atoms with van der Waals surface area (Å²) in [6.45, 7) is 2.01. The van der Waals surface area contributed by atoms with Crippen LogP contribution in [0.2, 0.25) is 0 Å². The van der Waals surface area contributed by atoms with Gasteiger partial charge in [0.2, 0.25) is 6.79 Å². The molecule has 0 aromatic heterocycles. The van der Waals surface area contributed by atoms with Crippen LogP contribution in [0.3, 0.4) is 0 Å². The Morgan fingerprint density at radius 1 is 1.35 bits per heavy atom. The van der Waals surface area contributed by atoms with Gasteiger partial charge in [-0.1, -0.05) is 6.07 Å². The van der Waals surface area contributed by atoms with Crippen molar-refractivity contribution in [1.29, 1.82) is 0 Å². The Balaban J connectivity index is 1.87. The Bertz CT molecular complexity index is 569. The number of primary amides is 1. The zero-order chi connectivity index (χ0) is 14.5. The van der Waals surface area contributed by atoms with Crippen molar-refractivity contribution in [3.63, 3.8) is 0 Å². The monoisotopic (exact) mass is 277 g/mol. The van der Waals surface area contributed by atoms with Crippen LogP contribution in [0.25, 0.3) is 0 Å². The van der Waals surface area contributed by atoms with Crippen LogP contribution in [-0.4, -0.2) is 24.3 Å². The first kappa shape index (κ1) is 13.9. The summed E-state index contributed by atoms with van der Waals surface area (Å²) in [7, 11) is 0. The number of carbonyl (C=O) groups excluding carboxylic acids is 2. The van der Waals surface area contributed by atoms with Crippen LogP contribution >= 0.6 is 0 Å². The summed E-state index contributed by atoms with van der Waals surface area (Å²) in [6, 6.07) is 5.72. The average Bonchev–Trinajstić information content (AvgIpc) is 2.89. The van der Waals surface area contributed by atoms with Crippen molar-refractivity contribution in [2.75, 3.05) is 6.79 Å². The van der Waals surface area contributed by atoms with E-state index in [9.17, 15) is 9.59 Å². The number of hydrazone groups is 1. The standard InChI is InChI=1S/C13H15N3O4/c1-8(15-16-13(18)12(14)17)2-3-9-4-5-10-11(6-9)20-7-19-10/h4-6H,2-3,7H2,1H3,(H2,14,17)(H,16,18)/b15-8-. The second-order valence-corrected chi connectivity index (χ2v) is 4.34. The second-order valence-electron chi connectivity index (χ2n) is 4.34. The Morgan fingerprint density at radius 3 is 2.85 bits per heavy atom. The molecule has 20 heavy (non-hydrogen) atoms. The van der Waals surface area contributed by atoms with Crippen molar-refractivity contribution in [1.82, 2.24) is 5.43 Å². The number of nitrogens with zero attached hydrogens (tertiary/aromatic N) is 1. The van der Waals surface area contributed by atoms with Gasteiger partial charge in [0.25, 0.3) is 0 Å². The predicted molar refractivity (Wildman–Crippen MR) is 71.3 cm³/mol. The van der Waals surface area contributed by atoms with Gasteiger partial charge in [-0.2, -0.15) is 5.10 Å². The number of rotatable bonds is 4. The zero-order valence-corrected chi connectivity index (χ0v) is 11.0. The molecular formula is C13H15N3O4. The number of nitrogens with two attached hydrogens (primary N) is 1. The van der Waals surface area contributed by atoms with Crippen LogP contribution in [0.1, 0.15) is 18.9 Å². The number of amides is 2. The third-order valence-electron chi connectivity index (χ3n) is 2.78. The molecule has 7 heteroatoms. The highest BCUT2D eigenvalue weighted by molar-refractivity contribution is 6.34. The van der Waals surface area contributed by atoms with Crippen molar-refractivity contribution in [2.24, 2.45) is 10.8 Å². The van der Waals surface area contributed by atoms with Crippen molar-refractivity contribution >= 4 is 17.5 Å². The third kappa shape index (κ3) is 3.47. The van der Waals surface area contributed by atoms with Gasteiger partial charge >= 0.3 is 11.8 Å². The lowest BCUT2D eigenvalue weighted by Crippen LogP contribution is -2.33. The fourth-order valence-corrected chi connectivity index (χ4v) is 1.68. The van der Waals surface area contributed by atoms with Gasteiger partial charge < -0.3 is 15.2 Å². The van der Waals surface area contributed by atoms with Crippen LogP contribution in [-0.2, 0) is 16.0 Å². The minimum atomic E-state index is -1.06. The van der Waals surface area contributed by atoms with E-state index in [4.69, 9.17) is 15.2 Å². The smallest absolute Gasteiger partial charge is 0.329 e. The maximum absolute atomic E-state index is 10.9. The van der Waals surface area contributed by atoms with Gasteiger partial charge in [-0.25, -0.2) is 5.43 Å². The molecule has 0 unspecified atom stereocenters. The number of hydrogen-bond acceptors (Lipinski definition) is 5. The molecule has 1 aromatic rings. The summed E-state index contributed by atoms with van der Waals surface area (Å²) in [4.78, 5) is 21.4. The van der Waals surface area contributed by atoms with E-state index >= 15 is 0 Å². The van der Waals surface area contributed by atoms with E-state index in [0.29, 0.717) is 12.1 Å². The van der Waals surface area contributed by atoms with E-state index in [2.05, 4.69) is 10.5 Å². The lowest BCUT2D eigenvalue weighted by molar-refractivity contribution is -0.137. The van der Waals surface area contributed by atoms with Crippen LogP contribution in [0.5, 0.6) is 11.5 Å². The van der Waals surface area contributed by atoms with E-state index < -0.39 is 11.8 Å². The largest absolute Gasteiger partial charge is 0.454 e. The highest BCUT2D eigenvalue weighted by Gasteiger charge is 2.13. The molecule has 2 rings (SSSR count). The van der Waals surface area contributed by atoms with E-state index in [1.165, 1.54) is 0 Å². The maximum Gasteiger partial charge on any atom is 0.329 e. The minimum absolute atomic E-state index is 0.248. The number of fused-ring (bicyclic) bond motifs is 1. The van der Waals surface area contributed by atoms with Crippen LogP contribution in [0.15, 0.2) is 23.3 Å². The number of carbonyl (C=O) groups is 2. The zero-order valence-electron chi connectivity index (χ0n) is 11.0. The Hall–Kier alpha value is -2.57. The molecule has 0 saturated heterocycles. The highest BCUT2D eigenvalue weighted by Crippen LogP contribution is 2.32. The highest BCUT2D eigenvalue weighted by atomic mass is 16.7. The molecule has 3 N–H and O–H groups in total. The predicted octanol–water partition coefficient (Wildman–Crippen LogP) is 0.325. The van der Waals surface area contributed by atoms with Gasteiger partial charge in [-0.3, -0.25) is 9.59 Å². The van der Waals surface area contributed by atoms with Crippen molar-refractivity contribution in [3.05, 3.63) is 23.8 Å². The number of ether oxygens (including phenoxy) is 2. The molecule has 0 fully saturated rings. The second kappa shape index (κ2) is 6.05. The third-order valence-corrected chi connectivity index (χ3v) is 2.78. The SMILES string of the molecule is C/C(CCc1ccc2c(c1)OCO2)=N/NC(=O)C(N)=O. The molecule has 1 aliphatic heterocycles. The lowest BCUT2D eigenvalue weighted by Gasteiger charge is -2.03. The van der Waals surface area contributed by atoms with Gasteiger partial charge in [0.1, 0.15) is 0 Å². The summed E-state index contributed by atoms with van der Waals surface area (Å²) in [5, 5.41) is 3.79. The lowest BCUT2D eigenvalue weighted by atomic mass is 10.1. The average molecular weight is 277 g/mol. The van der Waals surface area contributed by atoms with Crippen LogP contribution in [0.4, 0.5) is 0 Å². The van der Waals surface area contributed by atoms with Crippen molar-refractivity contribution in [2.45, 2.75) is 19.8 Å². The van der Waals surface area contributed by atoms with Crippen molar-refractivity contribution < 1.29 is 19.1 Å². The molecule has 106 valence electrons. The molecule has 0 radical (unpaired) electrons. The normalized spacial score (nSPS) is 13.2. The molecular weight excluding hydrogens is 262 g/mol. The number of hydrogen-bond donors (Lipinski definition) is 2. The molecule has 7 nitrogen and oxygen atoms in total. The molecule has 0 bridgehead atoms. The summed E-state index contributed by atoms with van der Waals surface area (Å²) < 4.78 is 10.5. The first-order valence-corrected chi connectivity index (χ1v) is 6.07. The first-order valence-electron chi connectivity index (χ1n) is 6.07. The summed E-state index contributed by atoms with van der Waals surface area (Å²) in [5.41, 5.74) is 8.65. The van der Waals surface area contributed by atoms with Gasteiger partial charge in [0.05, 0.1) is 0 Å². The maximum atomic E-state index is 10.9. The molecule has 0 aliphatic carbocycles. The topological polar surface area (TPSA) is 103 Å². The number of aryl methyl sites for hydroxylation is 1. The molecule has 1 aromatic carbocycles. The van der Waals surface area contributed by atoms with Gasteiger partial charge in [0.15, 0.2) is 11.5 Å². The number of benzene rings is 1. The Kier molecular flexibility index (Phi) is 4.19. The molecule has 0 atom stereocenters. The Morgan fingerprint density at radius 2 is 2.10 bits per heavy atom. The summed E-state index contributed by atoms with van der Waals surface area (Å²) >= 11 is 0. The summed E-state index contributed by atoms with van der Waals surface area (Å²) in [5.74, 6) is -0.503. The molecule has 1 heterocycles. The van der Waals surface area contributed by atoms with Gasteiger partial charge in [0, 0.05) is 5.71 Å². The van der Waals surface area contributed by atoms with Gasteiger partial charge in [-0.05, 0) is 37.5 Å². The van der Waals surface area contributed by atoms with Crippen LogP contribution < -0.4 is 20.6 Å². The molecule has 0 saturated carbocycles.